The topological polar surface area (TPSA) is 66.0 Å². The first-order chi connectivity index (χ1) is 12.9. The van der Waals surface area contributed by atoms with E-state index in [1.807, 2.05) is 32.0 Å². The summed E-state index contributed by atoms with van der Waals surface area (Å²) in [5.41, 5.74) is 0.543. The van der Waals surface area contributed by atoms with Crippen molar-refractivity contribution in [2.45, 2.75) is 31.9 Å². The van der Waals surface area contributed by atoms with Crippen molar-refractivity contribution in [1.82, 2.24) is 5.32 Å². The molecule has 0 saturated carbocycles. The number of methoxy groups -OCH3 is 2. The van der Waals surface area contributed by atoms with Crippen molar-refractivity contribution >= 4 is 5.91 Å². The second-order valence-corrected chi connectivity index (χ2v) is 7.05. The van der Waals surface area contributed by atoms with Gasteiger partial charge in [0.25, 0.3) is 5.91 Å². The molecule has 0 aliphatic carbocycles. The number of fused-ring (bicyclic) bond motifs is 1. The van der Waals surface area contributed by atoms with Crippen LogP contribution in [0.3, 0.4) is 0 Å². The molecule has 0 saturated heterocycles. The van der Waals surface area contributed by atoms with Crippen LogP contribution in [0.2, 0.25) is 0 Å². The Morgan fingerprint density at radius 2 is 1.70 bits per heavy atom. The average Bonchev–Trinajstić information content (AvgIpc) is 2.65. The molecule has 1 amide bonds. The van der Waals surface area contributed by atoms with Gasteiger partial charge in [0.15, 0.2) is 6.61 Å². The van der Waals surface area contributed by atoms with Crippen molar-refractivity contribution in [3.63, 3.8) is 0 Å². The highest BCUT2D eigenvalue weighted by molar-refractivity contribution is 5.78. The van der Waals surface area contributed by atoms with Crippen molar-refractivity contribution in [3.8, 4) is 23.0 Å². The molecule has 1 heterocycles. The molecule has 0 unspecified atom stereocenters. The van der Waals surface area contributed by atoms with Crippen LogP contribution in [0.25, 0.3) is 0 Å². The zero-order chi connectivity index (χ0) is 19.4. The first-order valence-corrected chi connectivity index (χ1v) is 8.83. The lowest BCUT2D eigenvalue weighted by atomic mass is 9.89. The van der Waals surface area contributed by atoms with Crippen LogP contribution in [0, 0.1) is 0 Å². The van der Waals surface area contributed by atoms with E-state index in [0.717, 1.165) is 22.8 Å². The third-order valence-electron chi connectivity index (χ3n) is 4.44. The maximum absolute atomic E-state index is 12.4. The molecule has 2 aromatic carbocycles. The Hall–Kier alpha value is -2.89. The van der Waals surface area contributed by atoms with Gasteiger partial charge in [-0.15, -0.1) is 0 Å². The molecule has 1 atom stereocenters. The fourth-order valence-corrected chi connectivity index (χ4v) is 3.14. The molecule has 3 rings (SSSR count). The molecule has 0 radical (unpaired) electrons. The monoisotopic (exact) mass is 371 g/mol. The van der Waals surface area contributed by atoms with Crippen LogP contribution in [0.4, 0.5) is 0 Å². The lowest BCUT2D eigenvalue weighted by Gasteiger charge is -2.38. The summed E-state index contributed by atoms with van der Waals surface area (Å²) in [6, 6.07) is 12.6. The van der Waals surface area contributed by atoms with Gasteiger partial charge in [-0.05, 0) is 50.2 Å². The van der Waals surface area contributed by atoms with Crippen molar-refractivity contribution in [2.24, 2.45) is 0 Å². The number of hydrogen-bond donors (Lipinski definition) is 1. The van der Waals surface area contributed by atoms with Crippen molar-refractivity contribution in [1.29, 1.82) is 0 Å². The van der Waals surface area contributed by atoms with Gasteiger partial charge in [0.2, 0.25) is 0 Å². The second-order valence-electron chi connectivity index (χ2n) is 7.05. The molecule has 0 fully saturated rings. The van der Waals surface area contributed by atoms with E-state index in [2.05, 4.69) is 5.32 Å². The number of carbonyl (C=O) groups excluding carboxylic acids is 1. The molecule has 27 heavy (non-hydrogen) atoms. The predicted molar refractivity (Wildman–Crippen MR) is 102 cm³/mol. The summed E-state index contributed by atoms with van der Waals surface area (Å²) in [6.07, 6.45) is 0.667. The standard InChI is InChI=1S/C21H25NO5/c1-21(2)12-18(17-10-9-16(25-4)11-19(17)27-21)22-20(23)13-26-15-7-5-14(24-3)6-8-15/h5-11,18H,12-13H2,1-4H3,(H,22,23)/t18-/m1/s1. The van der Waals surface area contributed by atoms with Crippen LogP contribution in [0.15, 0.2) is 42.5 Å². The molecule has 1 aliphatic rings. The Balaban J connectivity index is 1.66. The number of hydrogen-bond acceptors (Lipinski definition) is 5. The van der Waals surface area contributed by atoms with Gasteiger partial charge in [-0.2, -0.15) is 0 Å². The fraction of sp³-hybridized carbons (Fsp3) is 0.381. The third kappa shape index (κ3) is 4.64. The van der Waals surface area contributed by atoms with Crippen LogP contribution in [0.5, 0.6) is 23.0 Å². The van der Waals surface area contributed by atoms with E-state index in [0.29, 0.717) is 12.2 Å². The minimum atomic E-state index is -0.395. The summed E-state index contributed by atoms with van der Waals surface area (Å²) in [6.45, 7) is 3.94. The molecule has 1 aliphatic heterocycles. The number of carbonyl (C=O) groups is 1. The van der Waals surface area contributed by atoms with E-state index in [-0.39, 0.29) is 18.6 Å². The number of benzene rings is 2. The van der Waals surface area contributed by atoms with Gasteiger partial charge in [-0.1, -0.05) is 0 Å². The highest BCUT2D eigenvalue weighted by atomic mass is 16.5. The Bertz CT molecular complexity index is 801. The van der Waals surface area contributed by atoms with Crippen LogP contribution in [0.1, 0.15) is 31.9 Å². The largest absolute Gasteiger partial charge is 0.497 e. The van der Waals surface area contributed by atoms with E-state index in [1.165, 1.54) is 0 Å². The quantitative estimate of drug-likeness (QED) is 0.842. The summed E-state index contributed by atoms with van der Waals surface area (Å²) in [4.78, 5) is 12.4. The number of rotatable bonds is 6. The van der Waals surface area contributed by atoms with Gasteiger partial charge in [0.05, 0.1) is 20.3 Å². The van der Waals surface area contributed by atoms with Gasteiger partial charge < -0.3 is 24.3 Å². The van der Waals surface area contributed by atoms with Gasteiger partial charge in [0, 0.05) is 18.1 Å². The van der Waals surface area contributed by atoms with Crippen LogP contribution in [-0.2, 0) is 4.79 Å². The minimum absolute atomic E-state index is 0.0599. The highest BCUT2D eigenvalue weighted by Crippen LogP contribution is 2.41. The molecule has 6 heteroatoms. The number of amides is 1. The average molecular weight is 371 g/mol. The molecule has 144 valence electrons. The van der Waals surface area contributed by atoms with Crippen molar-refractivity contribution in [3.05, 3.63) is 48.0 Å². The lowest BCUT2D eigenvalue weighted by Crippen LogP contribution is -2.42. The van der Waals surface area contributed by atoms with E-state index < -0.39 is 5.60 Å². The maximum atomic E-state index is 12.4. The third-order valence-corrected chi connectivity index (χ3v) is 4.44. The Morgan fingerprint density at radius 1 is 1.07 bits per heavy atom. The lowest BCUT2D eigenvalue weighted by molar-refractivity contribution is -0.124. The van der Waals surface area contributed by atoms with Gasteiger partial charge in [0.1, 0.15) is 28.6 Å². The smallest absolute Gasteiger partial charge is 0.258 e. The molecular weight excluding hydrogens is 346 g/mol. The predicted octanol–water partition coefficient (Wildman–Crippen LogP) is 3.50. The zero-order valence-corrected chi connectivity index (χ0v) is 16.1. The summed E-state index contributed by atoms with van der Waals surface area (Å²) in [7, 11) is 3.22. The second kappa shape index (κ2) is 7.78. The SMILES string of the molecule is COc1ccc(OCC(=O)N[C@@H]2CC(C)(C)Oc3cc(OC)ccc32)cc1. The van der Waals surface area contributed by atoms with Gasteiger partial charge in [-0.3, -0.25) is 4.79 Å². The molecule has 6 nitrogen and oxygen atoms in total. The molecule has 2 aromatic rings. The molecule has 0 bridgehead atoms. The van der Waals surface area contributed by atoms with E-state index in [9.17, 15) is 4.79 Å². The van der Waals surface area contributed by atoms with E-state index >= 15 is 0 Å². The number of nitrogens with one attached hydrogen (secondary N) is 1. The van der Waals surface area contributed by atoms with Crippen LogP contribution >= 0.6 is 0 Å². The van der Waals surface area contributed by atoms with Crippen molar-refractivity contribution in [2.75, 3.05) is 20.8 Å². The Labute approximate surface area is 159 Å². The Morgan fingerprint density at radius 3 is 2.37 bits per heavy atom. The fourth-order valence-electron chi connectivity index (χ4n) is 3.14. The van der Waals surface area contributed by atoms with E-state index in [1.54, 1.807) is 38.5 Å². The summed E-state index contributed by atoms with van der Waals surface area (Å²) in [5, 5.41) is 3.05. The highest BCUT2D eigenvalue weighted by Gasteiger charge is 2.34. The van der Waals surface area contributed by atoms with Crippen LogP contribution in [-0.4, -0.2) is 32.3 Å². The molecular formula is C21H25NO5. The minimum Gasteiger partial charge on any atom is -0.497 e. The first-order valence-electron chi connectivity index (χ1n) is 8.83. The summed E-state index contributed by atoms with van der Waals surface area (Å²) < 4.78 is 22.0. The molecule has 1 N–H and O–H groups in total. The van der Waals surface area contributed by atoms with E-state index in [4.69, 9.17) is 18.9 Å². The van der Waals surface area contributed by atoms with Crippen LogP contribution < -0.4 is 24.3 Å². The zero-order valence-electron chi connectivity index (χ0n) is 16.1. The Kier molecular flexibility index (Phi) is 5.44. The summed E-state index contributed by atoms with van der Waals surface area (Å²) >= 11 is 0. The normalized spacial score (nSPS) is 17.3. The number of ether oxygens (including phenoxy) is 4. The molecule has 0 spiro atoms. The van der Waals surface area contributed by atoms with Gasteiger partial charge in [-0.25, -0.2) is 0 Å². The van der Waals surface area contributed by atoms with Gasteiger partial charge >= 0.3 is 0 Å². The first kappa shape index (κ1) is 18.9. The van der Waals surface area contributed by atoms with Crippen molar-refractivity contribution < 1.29 is 23.7 Å². The summed E-state index contributed by atoms with van der Waals surface area (Å²) in [5.74, 6) is 2.62. The maximum Gasteiger partial charge on any atom is 0.258 e. The molecule has 0 aromatic heterocycles.